The number of benzene rings is 3. The summed E-state index contributed by atoms with van der Waals surface area (Å²) in [6.45, 7) is 0. The van der Waals surface area contributed by atoms with Crippen molar-refractivity contribution in [3.63, 3.8) is 0 Å². The van der Waals surface area contributed by atoms with Gasteiger partial charge in [-0.3, -0.25) is 4.99 Å². The number of nitrogens with zero attached hydrogens (tertiary/aromatic N) is 2. The third-order valence-corrected chi connectivity index (χ3v) is 5.69. The number of halogens is 4. The van der Waals surface area contributed by atoms with E-state index in [4.69, 9.17) is 27.6 Å². The molecule has 0 saturated heterocycles. The van der Waals surface area contributed by atoms with Gasteiger partial charge in [0.05, 0.1) is 21.3 Å². The van der Waals surface area contributed by atoms with Crippen molar-refractivity contribution in [1.29, 1.82) is 0 Å². The Morgan fingerprint density at radius 3 is 2.71 bits per heavy atom. The number of hydrogen-bond acceptors (Lipinski definition) is 4. The van der Waals surface area contributed by atoms with Gasteiger partial charge in [-0.05, 0) is 71.1 Å². The van der Waals surface area contributed by atoms with E-state index in [1.807, 2.05) is 18.2 Å². The molecule has 0 amide bonds. The lowest BCUT2D eigenvalue weighted by Gasteiger charge is -2.02. The fourth-order valence-corrected chi connectivity index (χ4v) is 4.12. The van der Waals surface area contributed by atoms with E-state index in [1.54, 1.807) is 36.5 Å². The third-order valence-electron chi connectivity index (χ3n) is 3.94. The van der Waals surface area contributed by atoms with Gasteiger partial charge in [-0.15, -0.1) is 0 Å². The number of phenolic OH excluding ortho intramolecular Hbond substituents is 1. The summed E-state index contributed by atoms with van der Waals surface area (Å²) in [7, 11) is 0. The van der Waals surface area contributed by atoms with E-state index in [1.165, 1.54) is 0 Å². The zero-order valence-corrected chi connectivity index (χ0v) is 19.2. The standard InChI is InChI=1S/C20H10BrCl2IN2O2/c21-11-5-10(19(27)16(23)6-11)9-25-13-2-4-18-17(8-13)26-20(28-18)14-7-12(24)1-3-15(14)22/h1-9,27H. The molecule has 1 N–H and O–H groups in total. The highest BCUT2D eigenvalue weighted by Gasteiger charge is 2.13. The predicted molar refractivity (Wildman–Crippen MR) is 125 cm³/mol. The molecule has 0 spiro atoms. The molecule has 0 fully saturated rings. The SMILES string of the molecule is Oc1c(Cl)cc(Br)cc1C=Nc1ccc2oc(-c3cc(I)ccc3Cl)nc2c1. The Kier molecular flexibility index (Phi) is 5.64. The molecular weight excluding hydrogens is 578 g/mol. The summed E-state index contributed by atoms with van der Waals surface area (Å²) in [6.07, 6.45) is 1.55. The van der Waals surface area contributed by atoms with E-state index in [0.717, 1.165) is 13.6 Å². The summed E-state index contributed by atoms with van der Waals surface area (Å²) in [5.41, 5.74) is 3.21. The Hall–Kier alpha value is -1.61. The Bertz CT molecular complexity index is 1240. The summed E-state index contributed by atoms with van der Waals surface area (Å²) >= 11 is 17.8. The minimum Gasteiger partial charge on any atom is -0.506 e. The van der Waals surface area contributed by atoms with E-state index in [2.05, 4.69) is 48.5 Å². The van der Waals surface area contributed by atoms with Gasteiger partial charge >= 0.3 is 0 Å². The van der Waals surface area contributed by atoms with Gasteiger partial charge in [-0.2, -0.15) is 0 Å². The van der Waals surface area contributed by atoms with Crippen LogP contribution in [-0.4, -0.2) is 16.3 Å². The summed E-state index contributed by atoms with van der Waals surface area (Å²) in [5, 5.41) is 10.9. The number of oxazole rings is 1. The van der Waals surface area contributed by atoms with E-state index >= 15 is 0 Å². The first kappa shape index (κ1) is 19.7. The smallest absolute Gasteiger partial charge is 0.228 e. The van der Waals surface area contributed by atoms with Gasteiger partial charge < -0.3 is 9.52 Å². The number of aromatic nitrogens is 1. The molecule has 3 aromatic carbocycles. The molecular formula is C20H10BrCl2IN2O2. The second-order valence-corrected chi connectivity index (χ2v) is 8.85. The van der Waals surface area contributed by atoms with Crippen LogP contribution in [-0.2, 0) is 0 Å². The van der Waals surface area contributed by atoms with Crippen molar-refractivity contribution in [3.05, 3.63) is 72.2 Å². The molecule has 0 aliphatic rings. The van der Waals surface area contributed by atoms with Gasteiger partial charge in [0.25, 0.3) is 0 Å². The number of rotatable bonds is 3. The van der Waals surface area contributed by atoms with Crippen LogP contribution in [0.25, 0.3) is 22.6 Å². The van der Waals surface area contributed by atoms with Gasteiger partial charge in [0.15, 0.2) is 5.58 Å². The molecule has 140 valence electrons. The number of aliphatic imine (C=N–C) groups is 1. The fraction of sp³-hybridized carbons (Fsp3) is 0. The molecule has 0 unspecified atom stereocenters. The Morgan fingerprint density at radius 2 is 1.89 bits per heavy atom. The maximum absolute atomic E-state index is 10.1. The number of hydrogen-bond donors (Lipinski definition) is 1. The molecule has 8 heteroatoms. The highest BCUT2D eigenvalue weighted by Crippen LogP contribution is 2.33. The monoisotopic (exact) mass is 586 g/mol. The van der Waals surface area contributed by atoms with Crippen LogP contribution in [0, 0.1) is 3.57 Å². The van der Waals surface area contributed by atoms with Crippen LogP contribution in [0.3, 0.4) is 0 Å². The minimum atomic E-state index is -0.0215. The fourth-order valence-electron chi connectivity index (χ4n) is 2.60. The van der Waals surface area contributed by atoms with Gasteiger partial charge in [0.2, 0.25) is 5.89 Å². The zero-order valence-electron chi connectivity index (χ0n) is 14.0. The summed E-state index contributed by atoms with van der Waals surface area (Å²) in [5.74, 6) is 0.433. The van der Waals surface area contributed by atoms with E-state index < -0.39 is 0 Å². The van der Waals surface area contributed by atoms with Crippen molar-refractivity contribution in [2.45, 2.75) is 0 Å². The lowest BCUT2D eigenvalue weighted by atomic mass is 10.2. The highest BCUT2D eigenvalue weighted by molar-refractivity contribution is 14.1. The van der Waals surface area contributed by atoms with Crippen molar-refractivity contribution in [2.75, 3.05) is 0 Å². The van der Waals surface area contributed by atoms with E-state index in [0.29, 0.717) is 33.3 Å². The van der Waals surface area contributed by atoms with Gasteiger partial charge in [0.1, 0.15) is 11.3 Å². The lowest BCUT2D eigenvalue weighted by Crippen LogP contribution is -1.84. The quantitative estimate of drug-likeness (QED) is 0.198. The molecule has 4 nitrogen and oxygen atoms in total. The van der Waals surface area contributed by atoms with Crippen molar-refractivity contribution < 1.29 is 9.52 Å². The van der Waals surface area contributed by atoms with Crippen molar-refractivity contribution in [2.24, 2.45) is 4.99 Å². The molecule has 4 aromatic rings. The molecule has 0 saturated carbocycles. The largest absolute Gasteiger partial charge is 0.506 e. The minimum absolute atomic E-state index is 0.0215. The Labute approximate surface area is 192 Å². The predicted octanol–water partition coefficient (Wildman–Crippen LogP) is 7.62. The maximum Gasteiger partial charge on any atom is 0.228 e. The Balaban J connectivity index is 1.70. The summed E-state index contributed by atoms with van der Waals surface area (Å²) in [6, 6.07) is 14.4. The third kappa shape index (κ3) is 4.05. The molecule has 0 atom stereocenters. The Morgan fingerprint density at radius 1 is 1.07 bits per heavy atom. The first-order chi connectivity index (χ1) is 13.4. The van der Waals surface area contributed by atoms with Crippen LogP contribution in [0.2, 0.25) is 10.0 Å². The molecule has 0 aliphatic carbocycles. The summed E-state index contributed by atoms with van der Waals surface area (Å²) < 4.78 is 7.64. The molecule has 1 heterocycles. The van der Waals surface area contributed by atoms with Crippen molar-refractivity contribution in [3.8, 4) is 17.2 Å². The van der Waals surface area contributed by atoms with E-state index in [9.17, 15) is 5.11 Å². The second kappa shape index (κ2) is 8.02. The van der Waals surface area contributed by atoms with Crippen LogP contribution in [0.1, 0.15) is 5.56 Å². The van der Waals surface area contributed by atoms with E-state index in [-0.39, 0.29) is 10.8 Å². The zero-order chi connectivity index (χ0) is 19.8. The summed E-state index contributed by atoms with van der Waals surface area (Å²) in [4.78, 5) is 8.95. The average Bonchev–Trinajstić information content (AvgIpc) is 3.08. The second-order valence-electron chi connectivity index (χ2n) is 5.88. The molecule has 0 radical (unpaired) electrons. The number of aromatic hydroxyl groups is 1. The lowest BCUT2D eigenvalue weighted by molar-refractivity contribution is 0.474. The van der Waals surface area contributed by atoms with Crippen molar-refractivity contribution in [1.82, 2.24) is 4.98 Å². The molecule has 1 aromatic heterocycles. The molecule has 0 bridgehead atoms. The molecule has 4 rings (SSSR count). The van der Waals surface area contributed by atoms with Crippen LogP contribution in [0.5, 0.6) is 5.75 Å². The first-order valence-electron chi connectivity index (χ1n) is 7.99. The molecule has 28 heavy (non-hydrogen) atoms. The normalized spacial score (nSPS) is 11.6. The van der Waals surface area contributed by atoms with Crippen molar-refractivity contribution >= 4 is 84.7 Å². The van der Waals surface area contributed by atoms with Gasteiger partial charge in [0, 0.05) is 19.8 Å². The average molecular weight is 588 g/mol. The number of phenols is 1. The van der Waals surface area contributed by atoms with Gasteiger partial charge in [-0.1, -0.05) is 39.1 Å². The van der Waals surface area contributed by atoms with Gasteiger partial charge in [-0.25, -0.2) is 4.98 Å². The highest BCUT2D eigenvalue weighted by atomic mass is 127. The number of fused-ring (bicyclic) bond motifs is 1. The molecule has 0 aliphatic heterocycles. The maximum atomic E-state index is 10.1. The van der Waals surface area contributed by atoms with Crippen LogP contribution < -0.4 is 0 Å². The van der Waals surface area contributed by atoms with Crippen LogP contribution >= 0.6 is 61.7 Å². The topological polar surface area (TPSA) is 58.6 Å². The first-order valence-corrected chi connectivity index (χ1v) is 10.6. The van der Waals surface area contributed by atoms with Crippen LogP contribution in [0.4, 0.5) is 5.69 Å². The van der Waals surface area contributed by atoms with Crippen LogP contribution in [0.15, 0.2) is 62.4 Å².